The van der Waals surface area contributed by atoms with E-state index in [0.29, 0.717) is 24.1 Å². The summed E-state index contributed by atoms with van der Waals surface area (Å²) in [4.78, 5) is 24.9. The van der Waals surface area contributed by atoms with E-state index in [1.165, 1.54) is 128 Å². The number of carbonyl (C=O) groups excluding carboxylic acids is 1. The van der Waals surface area contributed by atoms with Gasteiger partial charge in [-0.1, -0.05) is 148 Å². The molecule has 0 bridgehead atoms. The van der Waals surface area contributed by atoms with Gasteiger partial charge in [-0.05, 0) is 38.5 Å². The number of allylic oxidation sites excluding steroid dienone is 2. The Morgan fingerprint density at radius 1 is 0.612 bits per heavy atom. The van der Waals surface area contributed by atoms with Crippen molar-refractivity contribution in [3.63, 3.8) is 0 Å². The summed E-state index contributed by atoms with van der Waals surface area (Å²) in [6.07, 6.45) is 35.3. The van der Waals surface area contributed by atoms with Crippen molar-refractivity contribution in [1.29, 1.82) is 0 Å². The van der Waals surface area contributed by atoms with E-state index in [-0.39, 0.29) is 25.8 Å². The van der Waals surface area contributed by atoms with E-state index >= 15 is 0 Å². The van der Waals surface area contributed by atoms with E-state index in [4.69, 9.17) is 18.5 Å². The lowest BCUT2D eigenvalue weighted by Crippen LogP contribution is -2.37. The molecule has 0 amide bonds. The zero-order valence-electron chi connectivity index (χ0n) is 32.9. The molecule has 0 aromatic heterocycles. The number of phosphoric acid groups is 1. The Kier molecular flexibility index (Phi) is 33.8. The van der Waals surface area contributed by atoms with Gasteiger partial charge in [-0.15, -0.1) is 0 Å². The highest BCUT2D eigenvalue weighted by molar-refractivity contribution is 7.45. The number of carbonyl (C=O) groups is 1. The summed E-state index contributed by atoms with van der Waals surface area (Å²) in [5.74, 6) is -0.338. The van der Waals surface area contributed by atoms with Crippen LogP contribution in [0.3, 0.4) is 0 Å². The van der Waals surface area contributed by atoms with Gasteiger partial charge in [-0.3, -0.25) is 9.36 Å². The lowest BCUT2D eigenvalue weighted by Gasteiger charge is -2.28. The van der Waals surface area contributed by atoms with E-state index < -0.39 is 13.9 Å². The summed E-state index contributed by atoms with van der Waals surface area (Å²) in [7, 11) is 1.36. The third-order valence-electron chi connectivity index (χ3n) is 8.82. The zero-order chi connectivity index (χ0) is 36.3. The Bertz CT molecular complexity index is 802. The maximum absolute atomic E-state index is 12.6. The summed E-state index contributed by atoms with van der Waals surface area (Å²) < 4.78 is 34.3. The molecular formula is C40H80NO7P. The van der Waals surface area contributed by atoms with Gasteiger partial charge in [0.2, 0.25) is 0 Å². The molecule has 0 saturated carbocycles. The van der Waals surface area contributed by atoms with Crippen molar-refractivity contribution in [3.8, 4) is 0 Å². The van der Waals surface area contributed by atoms with Gasteiger partial charge < -0.3 is 27.9 Å². The molecule has 0 saturated heterocycles. The quantitative estimate of drug-likeness (QED) is 0.0206. The molecule has 0 aliphatic rings. The predicted molar refractivity (Wildman–Crippen MR) is 204 cm³/mol. The Hall–Kier alpha value is -0.760. The topological polar surface area (TPSA) is 94.1 Å². The van der Waals surface area contributed by atoms with Crippen LogP contribution in [0.4, 0.5) is 0 Å². The molecule has 292 valence electrons. The van der Waals surface area contributed by atoms with Crippen molar-refractivity contribution >= 4 is 13.8 Å². The molecule has 0 aliphatic carbocycles. The van der Waals surface area contributed by atoms with Crippen LogP contribution in [-0.2, 0) is 27.9 Å². The van der Waals surface area contributed by atoms with Crippen LogP contribution in [0, 0.1) is 0 Å². The van der Waals surface area contributed by atoms with Crippen molar-refractivity contribution in [2.24, 2.45) is 0 Å². The summed E-state index contributed by atoms with van der Waals surface area (Å²) >= 11 is 0. The van der Waals surface area contributed by atoms with Gasteiger partial charge >= 0.3 is 5.97 Å². The smallest absolute Gasteiger partial charge is 0.306 e. The summed E-state index contributed by atoms with van der Waals surface area (Å²) in [5.41, 5.74) is 0. The fourth-order valence-electron chi connectivity index (χ4n) is 5.60. The molecule has 2 unspecified atom stereocenters. The van der Waals surface area contributed by atoms with Crippen LogP contribution < -0.4 is 4.89 Å². The highest BCUT2D eigenvalue weighted by Gasteiger charge is 2.20. The molecule has 0 aromatic carbocycles. The SMILES string of the molecule is CCCCCCCCCC/C=C\CCCCCCCCCCCC(=O)OC(COCCCCCCCC)COP(=O)([O-])OCC[N+](C)(C)C. The van der Waals surface area contributed by atoms with Crippen LogP contribution in [0.5, 0.6) is 0 Å². The van der Waals surface area contributed by atoms with Crippen LogP contribution in [0.2, 0.25) is 0 Å². The first-order valence-corrected chi connectivity index (χ1v) is 21.9. The number of likely N-dealkylation sites (N-methyl/N-ethyl adjacent to an activating group) is 1. The van der Waals surface area contributed by atoms with Crippen LogP contribution in [0.25, 0.3) is 0 Å². The molecule has 9 heteroatoms. The minimum absolute atomic E-state index is 0.0281. The maximum atomic E-state index is 12.6. The molecule has 49 heavy (non-hydrogen) atoms. The molecule has 0 rings (SSSR count). The number of esters is 1. The number of ether oxygens (including phenoxy) is 2. The lowest BCUT2D eigenvalue weighted by molar-refractivity contribution is -0.870. The second-order valence-corrected chi connectivity index (χ2v) is 16.4. The van der Waals surface area contributed by atoms with Crippen molar-refractivity contribution < 1.29 is 37.3 Å². The van der Waals surface area contributed by atoms with E-state index in [1.54, 1.807) is 0 Å². The Labute approximate surface area is 303 Å². The van der Waals surface area contributed by atoms with Gasteiger partial charge in [-0.25, -0.2) is 0 Å². The molecular weight excluding hydrogens is 637 g/mol. The summed E-state index contributed by atoms with van der Waals surface area (Å²) in [5, 5.41) is 0. The third kappa shape index (κ3) is 38.3. The first-order valence-electron chi connectivity index (χ1n) is 20.4. The van der Waals surface area contributed by atoms with Gasteiger partial charge in [0.25, 0.3) is 7.82 Å². The first-order chi connectivity index (χ1) is 23.6. The molecule has 0 fully saturated rings. The first kappa shape index (κ1) is 48.2. The summed E-state index contributed by atoms with van der Waals surface area (Å²) in [6, 6.07) is 0. The van der Waals surface area contributed by atoms with E-state index in [2.05, 4.69) is 26.0 Å². The molecule has 0 aliphatic heterocycles. The zero-order valence-corrected chi connectivity index (χ0v) is 33.8. The number of rotatable bonds is 38. The van der Waals surface area contributed by atoms with Gasteiger partial charge in [0, 0.05) is 13.0 Å². The van der Waals surface area contributed by atoms with Crippen molar-refractivity contribution in [2.75, 3.05) is 54.1 Å². The van der Waals surface area contributed by atoms with Crippen LogP contribution in [0.15, 0.2) is 12.2 Å². The molecule has 8 nitrogen and oxygen atoms in total. The van der Waals surface area contributed by atoms with Gasteiger partial charge in [0.05, 0.1) is 34.4 Å². The molecule has 0 N–H and O–H groups in total. The number of quaternary nitrogens is 1. The van der Waals surface area contributed by atoms with Crippen molar-refractivity contribution in [2.45, 2.75) is 187 Å². The number of unbranched alkanes of at least 4 members (excludes halogenated alkanes) is 22. The second-order valence-electron chi connectivity index (χ2n) is 15.0. The maximum Gasteiger partial charge on any atom is 0.306 e. The van der Waals surface area contributed by atoms with Crippen LogP contribution >= 0.6 is 7.82 Å². The van der Waals surface area contributed by atoms with Gasteiger partial charge in [0.1, 0.15) is 19.3 Å². The van der Waals surface area contributed by atoms with Crippen molar-refractivity contribution in [1.82, 2.24) is 0 Å². The minimum Gasteiger partial charge on any atom is -0.756 e. The average Bonchev–Trinajstić information content (AvgIpc) is 3.04. The van der Waals surface area contributed by atoms with Crippen LogP contribution in [0.1, 0.15) is 181 Å². The molecule has 0 radical (unpaired) electrons. The molecule has 0 heterocycles. The van der Waals surface area contributed by atoms with Gasteiger partial charge in [-0.2, -0.15) is 0 Å². The van der Waals surface area contributed by atoms with E-state index in [0.717, 1.165) is 32.1 Å². The number of phosphoric ester groups is 1. The number of nitrogens with zero attached hydrogens (tertiary/aromatic N) is 1. The predicted octanol–water partition coefficient (Wildman–Crippen LogP) is 10.9. The lowest BCUT2D eigenvalue weighted by atomic mass is 10.1. The third-order valence-corrected chi connectivity index (χ3v) is 9.78. The fourth-order valence-corrected chi connectivity index (χ4v) is 6.33. The van der Waals surface area contributed by atoms with Crippen molar-refractivity contribution in [3.05, 3.63) is 12.2 Å². The van der Waals surface area contributed by atoms with E-state index in [9.17, 15) is 14.3 Å². The van der Waals surface area contributed by atoms with E-state index in [1.807, 2.05) is 21.1 Å². The molecule has 2 atom stereocenters. The largest absolute Gasteiger partial charge is 0.756 e. The van der Waals surface area contributed by atoms with Gasteiger partial charge in [0.15, 0.2) is 0 Å². The fraction of sp³-hybridized carbons (Fsp3) is 0.925. The standard InChI is InChI=1S/C40H80NO7P/c1-6-8-10-12-14-15-16-17-18-19-20-21-22-23-24-25-26-27-28-29-31-33-40(42)48-39(37-45-35-32-30-13-11-9-7-2)38-47-49(43,44)46-36-34-41(3,4)5/h19-20,39H,6-18,21-38H2,1-5H3/b20-19-. The van der Waals surface area contributed by atoms with Crippen LogP contribution in [-0.4, -0.2) is 70.7 Å². The number of hydrogen-bond acceptors (Lipinski definition) is 7. The minimum atomic E-state index is -4.51. The Balaban J connectivity index is 4.04. The highest BCUT2D eigenvalue weighted by atomic mass is 31.2. The normalized spacial score (nSPS) is 14.0. The Morgan fingerprint density at radius 3 is 1.55 bits per heavy atom. The number of hydrogen-bond donors (Lipinski definition) is 0. The monoisotopic (exact) mass is 718 g/mol. The Morgan fingerprint density at radius 2 is 1.06 bits per heavy atom. The second kappa shape index (κ2) is 34.3. The summed E-state index contributed by atoms with van der Waals surface area (Å²) in [6.45, 7) is 5.37. The average molecular weight is 718 g/mol. The molecule has 0 spiro atoms. The molecule has 0 aromatic rings. The highest BCUT2D eigenvalue weighted by Crippen LogP contribution is 2.38.